The molecule has 103 heavy (non-hydrogen) atoms. The molecule has 5 aromatic carbocycles. The monoisotopic (exact) mass is 1390 g/mol. The number of benzene rings is 5. The minimum Gasteiger partial charge on any atom is -0.492 e. The van der Waals surface area contributed by atoms with Gasteiger partial charge in [0.05, 0.1) is 34.4 Å². The molecule has 10 aromatic rings. The topological polar surface area (TPSA) is 65.5 Å². The zero-order valence-corrected chi connectivity index (χ0v) is 62.6. The quantitative estimate of drug-likeness (QED) is 0.161. The first-order chi connectivity index (χ1) is 53.5. The van der Waals surface area contributed by atoms with Crippen molar-refractivity contribution in [1.82, 2.24) is 0 Å². The summed E-state index contributed by atoms with van der Waals surface area (Å²) in [6.45, 7) is 14.6. The fraction of sp³-hybridized carbons (Fsp3) is 0.409. The molecule has 10 heteroatoms. The summed E-state index contributed by atoms with van der Waals surface area (Å²) in [5.74, 6) is 3.65. The van der Waals surface area contributed by atoms with Gasteiger partial charge in [-0.05, 0) is 263 Å². The second-order valence-electron chi connectivity index (χ2n) is 30.3. The van der Waals surface area contributed by atoms with Gasteiger partial charge in [0.15, 0.2) is 31.0 Å². The Morgan fingerprint density at radius 1 is 0.282 bits per heavy atom. The molecule has 0 amide bonds. The maximum absolute atomic E-state index is 8.73. The van der Waals surface area contributed by atoms with Crippen LogP contribution in [0.25, 0.3) is 56.3 Å². The summed E-state index contributed by atoms with van der Waals surface area (Å²) in [4.78, 5) is 0. The van der Waals surface area contributed by atoms with Gasteiger partial charge < -0.3 is 23.7 Å². The van der Waals surface area contributed by atoms with Crippen LogP contribution in [-0.2, 0) is 67.1 Å². The van der Waals surface area contributed by atoms with Gasteiger partial charge in [-0.15, -0.1) is 0 Å². The maximum Gasteiger partial charge on any atom is 0.216 e. The van der Waals surface area contributed by atoms with Crippen LogP contribution in [0, 0.1) is 34.6 Å². The molecule has 5 aromatic heterocycles. The van der Waals surface area contributed by atoms with Crippen molar-refractivity contribution >= 4 is 0 Å². The zero-order chi connectivity index (χ0) is 80.6. The smallest absolute Gasteiger partial charge is 0.216 e. The normalized spacial score (nSPS) is 21.4. The predicted octanol–water partition coefficient (Wildman–Crippen LogP) is 18.4. The highest BCUT2D eigenvalue weighted by Crippen LogP contribution is 2.53. The second kappa shape index (κ2) is 29.9. The number of hydrogen-bond donors (Lipinski definition) is 0. The van der Waals surface area contributed by atoms with Crippen LogP contribution in [0.2, 0.25) is 0 Å². The van der Waals surface area contributed by atoms with Crippen LogP contribution in [-0.4, -0.2) is 29.0 Å². The van der Waals surface area contributed by atoms with Crippen LogP contribution < -0.4 is 46.5 Å². The van der Waals surface area contributed by atoms with E-state index < -0.39 is 37.5 Å². The summed E-state index contributed by atoms with van der Waals surface area (Å²) in [6, 6.07) is 49.8. The molecule has 0 bridgehead atoms. The van der Waals surface area contributed by atoms with E-state index in [0.29, 0.717) is 78.0 Å². The average molecular weight is 1390 g/mol. The Labute approximate surface area is 628 Å². The Morgan fingerprint density at radius 2 is 0.553 bits per heavy atom. The number of pyridine rings is 5. The van der Waals surface area contributed by atoms with Gasteiger partial charge >= 0.3 is 0 Å². The van der Waals surface area contributed by atoms with Gasteiger partial charge in [-0.3, -0.25) is 0 Å². The number of hydrogen-bond acceptors (Lipinski definition) is 5. The lowest BCUT2D eigenvalue weighted by atomic mass is 9.78. The maximum atomic E-state index is 8.73. The van der Waals surface area contributed by atoms with Crippen molar-refractivity contribution in [2.24, 2.45) is 35.2 Å². The first kappa shape index (κ1) is 59.3. The molecule has 3 spiro atoms. The molecule has 0 atom stereocenters. The molecule has 0 unspecified atom stereocenters. The summed E-state index contributed by atoms with van der Waals surface area (Å²) in [6.07, 6.45) is 17.0. The van der Waals surface area contributed by atoms with E-state index in [1.54, 1.807) is 0 Å². The van der Waals surface area contributed by atoms with Gasteiger partial charge in [0.1, 0.15) is 86.4 Å². The molecule has 0 saturated heterocycles. The van der Waals surface area contributed by atoms with E-state index in [0.717, 1.165) is 166 Å². The van der Waals surface area contributed by atoms with E-state index >= 15 is 0 Å². The van der Waals surface area contributed by atoms with Crippen molar-refractivity contribution in [1.29, 1.82) is 0 Å². The molecule has 10 nitrogen and oxygen atoms in total. The molecule has 0 N–H and O–H groups in total. The molecule has 10 heterocycles. The molecule has 18 rings (SSSR count). The molecule has 532 valence electrons. The van der Waals surface area contributed by atoms with E-state index in [9.17, 15) is 0 Å². The minimum absolute atomic E-state index is 0.271. The van der Waals surface area contributed by atoms with Crippen LogP contribution in [0.4, 0.5) is 0 Å². The molecule has 8 aliphatic rings. The van der Waals surface area contributed by atoms with Crippen LogP contribution in [0.15, 0.2) is 183 Å². The number of rotatable bonds is 5. The zero-order valence-electron chi connectivity index (χ0n) is 72.6. The van der Waals surface area contributed by atoms with Crippen molar-refractivity contribution in [2.45, 2.75) is 205 Å². The lowest BCUT2D eigenvalue weighted by molar-refractivity contribution is -0.660. The van der Waals surface area contributed by atoms with Crippen LogP contribution in [0.3, 0.4) is 0 Å². The van der Waals surface area contributed by atoms with E-state index in [1.165, 1.54) is 6.42 Å². The second-order valence-corrected chi connectivity index (χ2v) is 30.3. The number of ether oxygens (including phenoxy) is 5. The Balaban J connectivity index is 0.000000117. The predicted molar refractivity (Wildman–Crippen MR) is 412 cm³/mol. The molecule has 5 aliphatic heterocycles. The van der Waals surface area contributed by atoms with Gasteiger partial charge in [0.2, 0.25) is 28.5 Å². The fourth-order valence-electron chi connectivity index (χ4n) is 15.9. The van der Waals surface area contributed by atoms with Gasteiger partial charge in [-0.2, -0.15) is 0 Å². The third-order valence-corrected chi connectivity index (χ3v) is 22.0. The molecular formula is C93H110N5O5+5. The Hall–Kier alpha value is -9.15. The summed E-state index contributed by atoms with van der Waals surface area (Å²) in [7, 11) is 10.1. The number of aromatic nitrogens is 5. The summed E-state index contributed by atoms with van der Waals surface area (Å²) in [5, 5.41) is 0. The SMILES string of the molecule is [2H]C1([2H])CC(C)(C)Oc2c1ccc(C)c2-c1cccc[n+]1C.[2H]C1([2H])CC2(CC2)Oc2c1ccc(C)c2-c1cccc[n+]1C.[2H]C1([2H])CC2(CCCC2)Oc2c1ccc(C)c2-c1cccc[n+]1C.[2H]C1([2H])CC2(CCCCC2)Oc2c1ccc(C)c2-c1cccc[n+]1C.[2H]C1([2H])CCOc2c1ccc(C)c2-c1cccc[n+]1C. The third-order valence-electron chi connectivity index (χ3n) is 22.0. The van der Waals surface area contributed by atoms with Crippen LogP contribution >= 0.6 is 0 Å². The van der Waals surface area contributed by atoms with E-state index in [1.807, 2.05) is 237 Å². The van der Waals surface area contributed by atoms with Crippen LogP contribution in [0.5, 0.6) is 28.7 Å². The van der Waals surface area contributed by atoms with Gasteiger partial charge in [-0.25, -0.2) is 22.8 Å². The Bertz CT molecular complexity index is 5160. The van der Waals surface area contributed by atoms with Crippen molar-refractivity contribution in [3.05, 3.63) is 238 Å². The summed E-state index contributed by atoms with van der Waals surface area (Å²) in [5.41, 5.74) is 17.8. The number of aryl methyl sites for hydroxylation is 15. The molecule has 3 fully saturated rings. The van der Waals surface area contributed by atoms with Gasteiger partial charge in [-0.1, -0.05) is 67.1 Å². The third kappa shape index (κ3) is 15.0. The Morgan fingerprint density at radius 3 is 0.864 bits per heavy atom. The lowest BCUT2D eigenvalue weighted by Gasteiger charge is -2.42. The van der Waals surface area contributed by atoms with Crippen LogP contribution in [0.1, 0.15) is 186 Å². The molecule has 3 saturated carbocycles. The molecule has 0 radical (unpaired) electrons. The van der Waals surface area contributed by atoms with Crippen molar-refractivity contribution in [3.63, 3.8) is 0 Å². The van der Waals surface area contributed by atoms with Crippen molar-refractivity contribution in [2.75, 3.05) is 6.61 Å². The molecule has 3 aliphatic carbocycles. The highest BCUT2D eigenvalue weighted by atomic mass is 16.5. The van der Waals surface area contributed by atoms with Gasteiger partial charge in [0, 0.05) is 74.4 Å². The minimum atomic E-state index is -1.38. The van der Waals surface area contributed by atoms with Crippen molar-refractivity contribution < 1.29 is 60.2 Å². The van der Waals surface area contributed by atoms with E-state index in [-0.39, 0.29) is 16.8 Å². The standard InChI is InChI=1S/C21H26NO.C20H24NO.C18H20NO.C18H22NO.C16H18NO/c1-16-9-10-17-11-14-21(12-5-3-6-13-21)23-20(17)19(16)18-8-4-7-15-22(18)2;1-15-8-9-16-10-13-20(11-4-5-12-20)22-19(16)18(15)17-7-3-6-14-21(17)2;1-13-6-7-14-8-9-18(10-11-18)20-17(14)16(13)15-5-3-4-12-19(15)2;1-13-8-9-14-10-11-18(2,3)20-17(14)16(13)15-7-5-6-12-19(15)4;1-12-8-9-13-6-5-11-18-16(13)15(12)14-7-3-4-10-17(14)2/h4,7-10,15H,3,5-6,11-14H2,1-2H3;3,6-9,14H,4-5,10-13H2,1-2H3;3-7,12H,8-11H2,1-2H3;5-9,12H,10-11H2,1-4H3;3-4,7-10H,5-6,11H2,1-2H3/q5*+1/i11D2;10D2;8D2;10D2;6D2. The molecular weight excluding hydrogens is 1270 g/mol. The lowest BCUT2D eigenvalue weighted by Crippen LogP contribution is -2.42. The highest BCUT2D eigenvalue weighted by Gasteiger charge is 2.49. The van der Waals surface area contributed by atoms with Gasteiger partial charge in [0.25, 0.3) is 0 Å². The van der Waals surface area contributed by atoms with E-state index in [2.05, 4.69) is 52.7 Å². The number of nitrogens with zero attached hydrogens (tertiary/aromatic N) is 5. The Kier molecular flexibility index (Phi) is 17.2. The summed E-state index contributed by atoms with van der Waals surface area (Å²) < 4.78 is 127. The number of fused-ring (bicyclic) bond motifs is 5. The first-order valence-electron chi connectivity index (χ1n) is 42.3. The first-order valence-corrected chi connectivity index (χ1v) is 37.3. The van der Waals surface area contributed by atoms with Crippen molar-refractivity contribution in [3.8, 4) is 85.0 Å². The van der Waals surface area contributed by atoms with E-state index in [4.69, 9.17) is 37.4 Å². The largest absolute Gasteiger partial charge is 0.492 e. The highest BCUT2D eigenvalue weighted by molar-refractivity contribution is 5.76. The fourth-order valence-corrected chi connectivity index (χ4v) is 15.9. The summed E-state index contributed by atoms with van der Waals surface area (Å²) >= 11 is 0. The average Bonchev–Trinajstić information content (AvgIpc) is 1.63.